The van der Waals surface area contributed by atoms with Crippen molar-refractivity contribution in [2.24, 2.45) is 5.92 Å². The summed E-state index contributed by atoms with van der Waals surface area (Å²) in [5.74, 6) is -0.108. The predicted octanol–water partition coefficient (Wildman–Crippen LogP) is 4.55. The number of carbonyl (C=O) groups is 1. The van der Waals surface area contributed by atoms with E-state index in [2.05, 4.69) is 102 Å². The van der Waals surface area contributed by atoms with Gasteiger partial charge in [0.2, 0.25) is 0 Å². The number of hydrogen-bond donors (Lipinski definition) is 0. The van der Waals surface area contributed by atoms with Crippen molar-refractivity contribution in [3.63, 3.8) is 0 Å². The smallest absolute Gasteiger partial charge is 0.128 e. The Labute approximate surface area is 179 Å². The lowest BCUT2D eigenvalue weighted by atomic mass is 9.75. The molecule has 3 aromatic carbocycles. The van der Waals surface area contributed by atoms with Gasteiger partial charge in [0.05, 0.1) is 11.5 Å². The Morgan fingerprint density at radius 3 is 1.60 bits per heavy atom. The van der Waals surface area contributed by atoms with Crippen LogP contribution in [-0.4, -0.2) is 43.3 Å². The van der Waals surface area contributed by atoms with Gasteiger partial charge < -0.3 is 9.69 Å². The summed E-state index contributed by atoms with van der Waals surface area (Å²) in [6.45, 7) is 1.42. The highest BCUT2D eigenvalue weighted by molar-refractivity contribution is 5.62. The molecule has 1 unspecified atom stereocenters. The maximum atomic E-state index is 12.0. The van der Waals surface area contributed by atoms with Crippen molar-refractivity contribution in [3.05, 3.63) is 119 Å². The number of nitrogens with zero attached hydrogens (tertiary/aromatic N) is 2. The fraction of sp³-hybridized carbons (Fsp3) is 0.222. The first-order valence-electron chi connectivity index (χ1n) is 10.4. The van der Waals surface area contributed by atoms with Crippen molar-refractivity contribution >= 4 is 6.29 Å². The van der Waals surface area contributed by atoms with E-state index in [0.717, 1.165) is 18.4 Å². The van der Waals surface area contributed by atoms with E-state index in [9.17, 15) is 4.79 Å². The molecule has 1 saturated heterocycles. The third-order valence-corrected chi connectivity index (χ3v) is 5.90. The largest absolute Gasteiger partial charge is 0.383 e. The van der Waals surface area contributed by atoms with Gasteiger partial charge in [-0.25, -0.2) is 0 Å². The van der Waals surface area contributed by atoms with Gasteiger partial charge in [-0.1, -0.05) is 91.0 Å². The molecule has 1 aliphatic heterocycles. The quantitative estimate of drug-likeness (QED) is 0.451. The second kappa shape index (κ2) is 8.68. The second-order valence-corrected chi connectivity index (χ2v) is 8.10. The van der Waals surface area contributed by atoms with Crippen LogP contribution in [0.15, 0.2) is 103 Å². The minimum Gasteiger partial charge on any atom is -0.383 e. The van der Waals surface area contributed by atoms with E-state index < -0.39 is 5.54 Å². The molecule has 0 radical (unpaired) electrons. The van der Waals surface area contributed by atoms with Crippen LogP contribution in [0.25, 0.3) is 0 Å². The lowest BCUT2D eigenvalue weighted by Gasteiger charge is -2.43. The molecule has 0 amide bonds. The summed E-state index contributed by atoms with van der Waals surface area (Å²) in [5.41, 5.74) is 4.30. The summed E-state index contributed by atoms with van der Waals surface area (Å²) >= 11 is 0. The van der Waals surface area contributed by atoms with E-state index >= 15 is 0 Å². The summed E-state index contributed by atoms with van der Waals surface area (Å²) in [7, 11) is 4.02. The van der Waals surface area contributed by atoms with Gasteiger partial charge in [0.25, 0.3) is 0 Å². The molecule has 0 aliphatic carbocycles. The van der Waals surface area contributed by atoms with Crippen LogP contribution < -0.4 is 0 Å². The molecule has 1 atom stereocenters. The van der Waals surface area contributed by atoms with Crippen molar-refractivity contribution in [1.82, 2.24) is 9.80 Å². The fourth-order valence-electron chi connectivity index (χ4n) is 4.70. The monoisotopic (exact) mass is 396 g/mol. The molecule has 0 aromatic heterocycles. The standard InChI is InChI=1S/C27H28N2O/c1-28(2)18-22-19-29(20-23(22)21-30)27(24-12-6-3-7-13-24,25-14-8-4-9-15-25)26-16-10-5-11-17-26/h3-18,21,23H,19-20H2,1-2H3. The zero-order chi connectivity index (χ0) is 21.0. The molecule has 30 heavy (non-hydrogen) atoms. The summed E-state index contributed by atoms with van der Waals surface area (Å²) in [5, 5.41) is 0. The van der Waals surface area contributed by atoms with Gasteiger partial charge in [-0.15, -0.1) is 0 Å². The van der Waals surface area contributed by atoms with Crippen molar-refractivity contribution in [3.8, 4) is 0 Å². The number of hydrogen-bond acceptors (Lipinski definition) is 3. The highest BCUT2D eigenvalue weighted by Crippen LogP contribution is 2.45. The molecule has 4 rings (SSSR count). The fourth-order valence-corrected chi connectivity index (χ4v) is 4.70. The molecule has 1 fully saturated rings. The van der Waals surface area contributed by atoms with Crippen LogP contribution in [-0.2, 0) is 10.3 Å². The Hall–Kier alpha value is -3.17. The number of likely N-dealkylation sites (tertiary alicyclic amines) is 1. The van der Waals surface area contributed by atoms with E-state index in [-0.39, 0.29) is 5.92 Å². The van der Waals surface area contributed by atoms with Crippen LogP contribution in [0.3, 0.4) is 0 Å². The molecule has 0 spiro atoms. The third kappa shape index (κ3) is 3.57. The van der Waals surface area contributed by atoms with Gasteiger partial charge in [0.1, 0.15) is 6.29 Å². The first-order valence-corrected chi connectivity index (χ1v) is 10.4. The van der Waals surface area contributed by atoms with Crippen LogP contribution in [0.2, 0.25) is 0 Å². The lowest BCUT2D eigenvalue weighted by Crippen LogP contribution is -2.47. The summed E-state index contributed by atoms with van der Waals surface area (Å²) in [6, 6.07) is 31.9. The predicted molar refractivity (Wildman–Crippen MR) is 122 cm³/mol. The first kappa shape index (κ1) is 20.1. The molecule has 152 valence electrons. The molecule has 0 N–H and O–H groups in total. The van der Waals surface area contributed by atoms with Crippen LogP contribution in [0.4, 0.5) is 0 Å². The Kier molecular flexibility index (Phi) is 5.82. The van der Waals surface area contributed by atoms with Gasteiger partial charge >= 0.3 is 0 Å². The van der Waals surface area contributed by atoms with E-state index in [1.165, 1.54) is 16.7 Å². The zero-order valence-electron chi connectivity index (χ0n) is 17.6. The molecule has 0 saturated carbocycles. The van der Waals surface area contributed by atoms with Crippen LogP contribution in [0.1, 0.15) is 16.7 Å². The van der Waals surface area contributed by atoms with Gasteiger partial charge in [-0.2, -0.15) is 0 Å². The molecule has 3 aromatic rings. The van der Waals surface area contributed by atoms with Crippen molar-refractivity contribution in [2.75, 3.05) is 27.2 Å². The summed E-state index contributed by atoms with van der Waals surface area (Å²) < 4.78 is 0. The van der Waals surface area contributed by atoms with Gasteiger partial charge in [0, 0.05) is 27.2 Å². The van der Waals surface area contributed by atoms with Crippen LogP contribution in [0.5, 0.6) is 0 Å². The van der Waals surface area contributed by atoms with Crippen molar-refractivity contribution in [2.45, 2.75) is 5.54 Å². The maximum Gasteiger partial charge on any atom is 0.128 e. The molecule has 3 nitrogen and oxygen atoms in total. The van der Waals surface area contributed by atoms with Crippen LogP contribution in [0, 0.1) is 5.92 Å². The zero-order valence-corrected chi connectivity index (χ0v) is 17.6. The van der Waals surface area contributed by atoms with Gasteiger partial charge in [-0.05, 0) is 28.5 Å². The molecule has 1 aliphatic rings. The SMILES string of the molecule is CN(C)C=C1CN(C(c2ccccc2)(c2ccccc2)c2ccccc2)CC1C=O. The van der Waals surface area contributed by atoms with Crippen molar-refractivity contribution < 1.29 is 4.79 Å². The molecular formula is C27H28N2O. The van der Waals surface area contributed by atoms with Gasteiger partial charge in [0.15, 0.2) is 0 Å². The number of carbonyl (C=O) groups excluding carboxylic acids is 1. The molecular weight excluding hydrogens is 368 g/mol. The average Bonchev–Trinajstić information content (AvgIpc) is 3.19. The molecule has 0 bridgehead atoms. The third-order valence-electron chi connectivity index (χ3n) is 5.90. The highest BCUT2D eigenvalue weighted by Gasteiger charge is 2.46. The topological polar surface area (TPSA) is 23.6 Å². The Balaban J connectivity index is 1.98. The Morgan fingerprint density at radius 1 is 0.800 bits per heavy atom. The number of rotatable bonds is 6. The van der Waals surface area contributed by atoms with E-state index in [4.69, 9.17) is 0 Å². The maximum absolute atomic E-state index is 12.0. The Morgan fingerprint density at radius 2 is 1.23 bits per heavy atom. The number of benzene rings is 3. The molecule has 1 heterocycles. The first-order chi connectivity index (χ1) is 14.7. The molecule has 3 heteroatoms. The number of aldehydes is 1. The Bertz CT molecular complexity index is 900. The second-order valence-electron chi connectivity index (χ2n) is 8.10. The van der Waals surface area contributed by atoms with E-state index in [1.807, 2.05) is 19.0 Å². The minimum atomic E-state index is -0.479. The van der Waals surface area contributed by atoms with E-state index in [1.54, 1.807) is 0 Å². The lowest BCUT2D eigenvalue weighted by molar-refractivity contribution is -0.110. The van der Waals surface area contributed by atoms with Gasteiger partial charge in [-0.3, -0.25) is 4.90 Å². The van der Waals surface area contributed by atoms with Crippen LogP contribution >= 0.6 is 0 Å². The van der Waals surface area contributed by atoms with Crippen molar-refractivity contribution in [1.29, 1.82) is 0 Å². The van der Waals surface area contributed by atoms with E-state index in [0.29, 0.717) is 6.54 Å². The highest BCUT2D eigenvalue weighted by atomic mass is 16.1. The minimum absolute atomic E-state index is 0.108. The summed E-state index contributed by atoms with van der Waals surface area (Å²) in [4.78, 5) is 16.5. The normalized spacial score (nSPS) is 18.5. The average molecular weight is 397 g/mol. The summed E-state index contributed by atoms with van der Waals surface area (Å²) in [6.07, 6.45) is 3.20.